The third-order valence-electron chi connectivity index (χ3n) is 2.77. The summed E-state index contributed by atoms with van der Waals surface area (Å²) in [5.41, 5.74) is 5.76. The number of carbonyl (C=O) groups is 1. The van der Waals surface area contributed by atoms with Crippen molar-refractivity contribution in [2.75, 3.05) is 13.7 Å². The molecule has 0 aliphatic heterocycles. The smallest absolute Gasteiger partial charge is 0.407 e. The standard InChI is InChI=1S/C15H24N2O4/c1-15(2,3)21-14(19)17-11(9-16)8-10-6-5-7-12(20-4)13(10)18/h5-7,11,18H,8-9,16H2,1-4H3,(H,17,19). The van der Waals surface area contributed by atoms with E-state index >= 15 is 0 Å². The molecule has 4 N–H and O–H groups in total. The van der Waals surface area contributed by atoms with Gasteiger partial charge in [0.15, 0.2) is 11.5 Å². The number of hydrogen-bond acceptors (Lipinski definition) is 5. The Labute approximate surface area is 125 Å². The molecule has 6 heteroatoms. The molecule has 0 saturated carbocycles. The lowest BCUT2D eigenvalue weighted by atomic mass is 10.0. The second kappa shape index (κ2) is 7.17. The van der Waals surface area contributed by atoms with Gasteiger partial charge in [0.25, 0.3) is 0 Å². The van der Waals surface area contributed by atoms with Crippen LogP contribution in [0.1, 0.15) is 26.3 Å². The summed E-state index contributed by atoms with van der Waals surface area (Å²) in [6, 6.07) is 4.86. The number of phenolic OH excluding ortho intramolecular Hbond substituents is 1. The molecule has 1 aromatic rings. The lowest BCUT2D eigenvalue weighted by molar-refractivity contribution is 0.0505. The number of nitrogens with one attached hydrogen (secondary N) is 1. The van der Waals surface area contributed by atoms with Crippen LogP contribution in [0.15, 0.2) is 18.2 Å². The van der Waals surface area contributed by atoms with E-state index in [0.29, 0.717) is 17.7 Å². The number of aromatic hydroxyl groups is 1. The summed E-state index contributed by atoms with van der Waals surface area (Å²) in [5, 5.41) is 12.7. The molecule has 0 bridgehead atoms. The van der Waals surface area contributed by atoms with Gasteiger partial charge < -0.3 is 25.6 Å². The Bertz CT molecular complexity index is 483. The zero-order valence-corrected chi connectivity index (χ0v) is 13.0. The summed E-state index contributed by atoms with van der Waals surface area (Å²) in [5.74, 6) is 0.449. The number of carbonyl (C=O) groups excluding carboxylic acids is 1. The summed E-state index contributed by atoms with van der Waals surface area (Å²) >= 11 is 0. The van der Waals surface area contributed by atoms with Gasteiger partial charge in [0.1, 0.15) is 5.60 Å². The number of phenols is 1. The van der Waals surface area contributed by atoms with Gasteiger partial charge in [-0.25, -0.2) is 4.79 Å². The van der Waals surface area contributed by atoms with Crippen LogP contribution in [0.4, 0.5) is 4.79 Å². The number of methoxy groups -OCH3 is 1. The van der Waals surface area contributed by atoms with Gasteiger partial charge in [-0.05, 0) is 38.8 Å². The maximum atomic E-state index is 11.8. The lowest BCUT2D eigenvalue weighted by Gasteiger charge is -2.23. The molecule has 1 aromatic carbocycles. The molecule has 0 aliphatic carbocycles. The zero-order chi connectivity index (χ0) is 16.0. The van der Waals surface area contributed by atoms with Crippen LogP contribution in [-0.4, -0.2) is 36.5 Å². The molecule has 0 heterocycles. The van der Waals surface area contributed by atoms with Crippen LogP contribution in [-0.2, 0) is 11.2 Å². The monoisotopic (exact) mass is 296 g/mol. The van der Waals surface area contributed by atoms with Crippen molar-refractivity contribution in [3.63, 3.8) is 0 Å². The maximum absolute atomic E-state index is 11.8. The average Bonchev–Trinajstić information content (AvgIpc) is 2.38. The normalized spacial score (nSPS) is 12.6. The molecule has 1 rings (SSSR count). The van der Waals surface area contributed by atoms with Crippen LogP contribution >= 0.6 is 0 Å². The second-order valence-electron chi connectivity index (χ2n) is 5.75. The van der Waals surface area contributed by atoms with Gasteiger partial charge in [0.2, 0.25) is 0 Å². The highest BCUT2D eigenvalue weighted by molar-refractivity contribution is 5.68. The molecule has 1 amide bonds. The summed E-state index contributed by atoms with van der Waals surface area (Å²) in [7, 11) is 1.48. The predicted molar refractivity (Wildman–Crippen MR) is 80.6 cm³/mol. The predicted octanol–water partition coefficient (Wildman–Crippen LogP) is 1.80. The van der Waals surface area contributed by atoms with Crippen LogP contribution in [0.25, 0.3) is 0 Å². The van der Waals surface area contributed by atoms with Gasteiger partial charge in [0.05, 0.1) is 7.11 Å². The Balaban J connectivity index is 2.73. The SMILES string of the molecule is COc1cccc(CC(CN)NC(=O)OC(C)(C)C)c1O. The zero-order valence-electron chi connectivity index (χ0n) is 13.0. The maximum Gasteiger partial charge on any atom is 0.407 e. The summed E-state index contributed by atoms with van der Waals surface area (Å²) in [6.07, 6.45) is -0.140. The number of para-hydroxylation sites is 1. The van der Waals surface area contributed by atoms with Gasteiger partial charge in [-0.1, -0.05) is 12.1 Å². The van der Waals surface area contributed by atoms with E-state index in [4.69, 9.17) is 15.2 Å². The molecule has 0 radical (unpaired) electrons. The number of hydrogen-bond donors (Lipinski definition) is 3. The van der Waals surface area contributed by atoms with E-state index in [2.05, 4.69) is 5.32 Å². The van der Waals surface area contributed by atoms with E-state index < -0.39 is 11.7 Å². The Morgan fingerprint density at radius 3 is 2.62 bits per heavy atom. The molecule has 1 unspecified atom stereocenters. The first-order valence-corrected chi connectivity index (χ1v) is 6.81. The number of amides is 1. The molecule has 0 spiro atoms. The van der Waals surface area contributed by atoms with E-state index in [1.807, 2.05) is 0 Å². The van der Waals surface area contributed by atoms with Crippen molar-refractivity contribution in [3.8, 4) is 11.5 Å². The number of ether oxygens (including phenoxy) is 2. The fraction of sp³-hybridized carbons (Fsp3) is 0.533. The van der Waals surface area contributed by atoms with E-state index in [9.17, 15) is 9.90 Å². The topological polar surface area (TPSA) is 93.8 Å². The number of alkyl carbamates (subject to hydrolysis) is 1. The van der Waals surface area contributed by atoms with Gasteiger partial charge in [-0.15, -0.1) is 0 Å². The van der Waals surface area contributed by atoms with E-state index in [1.54, 1.807) is 39.0 Å². The van der Waals surface area contributed by atoms with Crippen molar-refractivity contribution >= 4 is 6.09 Å². The second-order valence-corrected chi connectivity index (χ2v) is 5.75. The fourth-order valence-corrected chi connectivity index (χ4v) is 1.83. The highest BCUT2D eigenvalue weighted by atomic mass is 16.6. The van der Waals surface area contributed by atoms with Crippen molar-refractivity contribution in [1.82, 2.24) is 5.32 Å². The van der Waals surface area contributed by atoms with Crippen LogP contribution in [0.5, 0.6) is 11.5 Å². The highest BCUT2D eigenvalue weighted by Gasteiger charge is 2.20. The minimum Gasteiger partial charge on any atom is -0.504 e. The lowest BCUT2D eigenvalue weighted by Crippen LogP contribution is -2.44. The van der Waals surface area contributed by atoms with Crippen LogP contribution < -0.4 is 15.8 Å². The first-order chi connectivity index (χ1) is 9.76. The molecule has 118 valence electrons. The molecule has 0 fully saturated rings. The Hall–Kier alpha value is -1.95. The van der Waals surface area contributed by atoms with Crippen molar-refractivity contribution in [2.24, 2.45) is 5.73 Å². The van der Waals surface area contributed by atoms with E-state index in [0.717, 1.165) is 0 Å². The number of benzene rings is 1. The van der Waals surface area contributed by atoms with Gasteiger partial charge >= 0.3 is 6.09 Å². The molecular weight excluding hydrogens is 272 g/mol. The largest absolute Gasteiger partial charge is 0.504 e. The van der Waals surface area contributed by atoms with E-state index in [-0.39, 0.29) is 18.3 Å². The first kappa shape index (κ1) is 17.1. The minimum absolute atomic E-state index is 0.0597. The molecule has 21 heavy (non-hydrogen) atoms. The molecule has 0 aliphatic rings. The van der Waals surface area contributed by atoms with Crippen molar-refractivity contribution in [3.05, 3.63) is 23.8 Å². The van der Waals surface area contributed by atoms with Crippen molar-refractivity contribution in [1.29, 1.82) is 0 Å². The number of rotatable bonds is 5. The van der Waals surface area contributed by atoms with Crippen molar-refractivity contribution in [2.45, 2.75) is 38.8 Å². The summed E-state index contributed by atoms with van der Waals surface area (Å²) in [4.78, 5) is 11.8. The quantitative estimate of drug-likeness (QED) is 0.770. The van der Waals surface area contributed by atoms with E-state index in [1.165, 1.54) is 7.11 Å². The van der Waals surface area contributed by atoms with Crippen LogP contribution in [0.2, 0.25) is 0 Å². The average molecular weight is 296 g/mol. The van der Waals surface area contributed by atoms with Gasteiger partial charge in [-0.2, -0.15) is 0 Å². The van der Waals surface area contributed by atoms with Crippen LogP contribution in [0, 0.1) is 0 Å². The summed E-state index contributed by atoms with van der Waals surface area (Å²) in [6.45, 7) is 5.60. The highest BCUT2D eigenvalue weighted by Crippen LogP contribution is 2.30. The third kappa shape index (κ3) is 5.51. The van der Waals surface area contributed by atoms with Gasteiger partial charge in [0, 0.05) is 12.6 Å². The fourth-order valence-electron chi connectivity index (χ4n) is 1.83. The van der Waals surface area contributed by atoms with Crippen LogP contribution in [0.3, 0.4) is 0 Å². The molecule has 6 nitrogen and oxygen atoms in total. The Morgan fingerprint density at radius 1 is 1.43 bits per heavy atom. The molecule has 0 saturated heterocycles. The minimum atomic E-state index is -0.568. The first-order valence-electron chi connectivity index (χ1n) is 6.81. The van der Waals surface area contributed by atoms with Gasteiger partial charge in [-0.3, -0.25) is 0 Å². The summed E-state index contributed by atoms with van der Waals surface area (Å²) < 4.78 is 10.2. The molecule has 1 atom stereocenters. The van der Waals surface area contributed by atoms with Crippen molar-refractivity contribution < 1.29 is 19.4 Å². The molecular formula is C15H24N2O4. The Morgan fingerprint density at radius 2 is 2.10 bits per heavy atom. The molecule has 0 aromatic heterocycles. The third-order valence-corrected chi connectivity index (χ3v) is 2.77. The number of nitrogens with two attached hydrogens (primary N) is 1. The Kier molecular flexibility index (Phi) is 5.84.